The first-order valence-electron chi connectivity index (χ1n) is 7.32. The topological polar surface area (TPSA) is 68.3 Å². The van der Waals surface area contributed by atoms with E-state index in [4.69, 9.17) is 4.74 Å². The second-order valence-electron chi connectivity index (χ2n) is 5.56. The number of hydrogen-bond acceptors (Lipinski definition) is 5. The molecule has 2 aliphatic rings. The van der Waals surface area contributed by atoms with Crippen molar-refractivity contribution in [3.05, 3.63) is 53.1 Å². The van der Waals surface area contributed by atoms with Crippen LogP contribution in [0, 0.1) is 5.92 Å². The van der Waals surface area contributed by atoms with Gasteiger partial charge in [-0.3, -0.25) is 9.78 Å². The highest BCUT2D eigenvalue weighted by Gasteiger charge is 2.43. The van der Waals surface area contributed by atoms with Gasteiger partial charge in [-0.25, -0.2) is 4.79 Å². The first kappa shape index (κ1) is 14.5. The molecule has 0 saturated heterocycles. The van der Waals surface area contributed by atoms with Crippen LogP contribution in [0.5, 0.6) is 0 Å². The number of nitrogens with zero attached hydrogens (tertiary/aromatic N) is 1. The normalized spacial score (nSPS) is 24.3. The van der Waals surface area contributed by atoms with Crippen molar-refractivity contribution in [3.8, 4) is 0 Å². The van der Waals surface area contributed by atoms with E-state index in [9.17, 15) is 9.59 Å². The molecule has 1 aromatic heterocycles. The summed E-state index contributed by atoms with van der Waals surface area (Å²) < 4.78 is 4.94. The van der Waals surface area contributed by atoms with E-state index < -0.39 is 5.97 Å². The number of aromatic nitrogens is 1. The Morgan fingerprint density at radius 2 is 2.05 bits per heavy atom. The number of nitrogens with one attached hydrogen (secondary N) is 1. The molecule has 2 heterocycles. The highest BCUT2D eigenvalue weighted by molar-refractivity contribution is 5.96. The molecule has 2 atom stereocenters. The zero-order valence-electron chi connectivity index (χ0n) is 12.6. The van der Waals surface area contributed by atoms with Crippen LogP contribution < -0.4 is 5.32 Å². The number of carbonyl (C=O) groups excluding carboxylic acids is 2. The van der Waals surface area contributed by atoms with Crippen molar-refractivity contribution in [1.29, 1.82) is 0 Å². The predicted molar refractivity (Wildman–Crippen MR) is 80.6 cm³/mol. The smallest absolute Gasteiger partial charge is 0.336 e. The van der Waals surface area contributed by atoms with Crippen LogP contribution in [0.1, 0.15) is 31.2 Å². The fraction of sp³-hybridized carbons (Fsp3) is 0.353. The molecule has 1 aromatic rings. The molecule has 0 radical (unpaired) electrons. The lowest BCUT2D eigenvalue weighted by Gasteiger charge is -2.37. The van der Waals surface area contributed by atoms with E-state index in [1.807, 2.05) is 19.1 Å². The molecule has 0 fully saturated rings. The third kappa shape index (κ3) is 2.32. The number of carbonyl (C=O) groups is 2. The highest BCUT2D eigenvalue weighted by atomic mass is 16.5. The number of pyridine rings is 1. The summed E-state index contributed by atoms with van der Waals surface area (Å²) in [4.78, 5) is 28.8. The SMILES string of the molecule is COC(=O)C1=C(C)NC2=CCCC(=O)C2C1c1ccncc1. The summed E-state index contributed by atoms with van der Waals surface area (Å²) >= 11 is 0. The van der Waals surface area contributed by atoms with Crippen LogP contribution in [-0.4, -0.2) is 23.8 Å². The van der Waals surface area contributed by atoms with Gasteiger partial charge < -0.3 is 10.1 Å². The number of fused-ring (bicyclic) bond motifs is 1. The molecule has 5 nitrogen and oxygen atoms in total. The molecule has 114 valence electrons. The number of hydrogen-bond donors (Lipinski definition) is 1. The Labute approximate surface area is 129 Å². The van der Waals surface area contributed by atoms with Crippen molar-refractivity contribution >= 4 is 11.8 Å². The molecule has 0 amide bonds. The molecule has 22 heavy (non-hydrogen) atoms. The van der Waals surface area contributed by atoms with Gasteiger partial charge in [0.1, 0.15) is 5.78 Å². The summed E-state index contributed by atoms with van der Waals surface area (Å²) in [5, 5.41) is 3.22. The van der Waals surface area contributed by atoms with E-state index in [-0.39, 0.29) is 17.6 Å². The largest absolute Gasteiger partial charge is 0.466 e. The molecule has 5 heteroatoms. The van der Waals surface area contributed by atoms with E-state index in [1.54, 1.807) is 12.4 Å². The molecule has 1 N–H and O–H groups in total. The Balaban J connectivity index is 2.18. The highest BCUT2D eigenvalue weighted by Crippen LogP contribution is 2.43. The molecule has 0 spiro atoms. The monoisotopic (exact) mass is 298 g/mol. The molecule has 0 bridgehead atoms. The zero-order chi connectivity index (χ0) is 15.7. The lowest BCUT2D eigenvalue weighted by Crippen LogP contribution is -2.40. The average molecular weight is 298 g/mol. The van der Waals surface area contributed by atoms with Crippen molar-refractivity contribution in [2.24, 2.45) is 5.92 Å². The molecular weight excluding hydrogens is 280 g/mol. The molecule has 1 aliphatic heterocycles. The van der Waals surface area contributed by atoms with Gasteiger partial charge in [0.05, 0.1) is 18.6 Å². The maximum atomic E-state index is 12.5. The summed E-state index contributed by atoms with van der Waals surface area (Å²) in [6, 6.07) is 3.71. The van der Waals surface area contributed by atoms with Crippen LogP contribution in [0.2, 0.25) is 0 Å². The van der Waals surface area contributed by atoms with E-state index in [0.717, 1.165) is 23.4 Å². The predicted octanol–water partition coefficient (Wildman–Crippen LogP) is 2.08. The Hall–Kier alpha value is -2.43. The second kappa shape index (κ2) is 5.75. The molecular formula is C17H18N2O3. The minimum atomic E-state index is -0.399. The third-order valence-corrected chi connectivity index (χ3v) is 4.29. The van der Waals surface area contributed by atoms with Crippen molar-refractivity contribution in [1.82, 2.24) is 10.3 Å². The van der Waals surface area contributed by atoms with Gasteiger partial charge in [-0.05, 0) is 31.0 Å². The van der Waals surface area contributed by atoms with Crippen LogP contribution in [0.15, 0.2) is 47.6 Å². The summed E-state index contributed by atoms with van der Waals surface area (Å²) in [5.41, 5.74) is 3.06. The molecule has 2 unspecified atom stereocenters. The Morgan fingerprint density at radius 1 is 1.32 bits per heavy atom. The van der Waals surface area contributed by atoms with Gasteiger partial charge in [0, 0.05) is 36.1 Å². The van der Waals surface area contributed by atoms with Crippen LogP contribution in [0.4, 0.5) is 0 Å². The van der Waals surface area contributed by atoms with Crippen molar-refractivity contribution in [2.45, 2.75) is 25.7 Å². The molecule has 3 rings (SSSR count). The Kier molecular flexibility index (Phi) is 3.79. The van der Waals surface area contributed by atoms with Gasteiger partial charge in [0.25, 0.3) is 0 Å². The number of methoxy groups -OCH3 is 1. The van der Waals surface area contributed by atoms with E-state index in [2.05, 4.69) is 16.4 Å². The fourth-order valence-corrected chi connectivity index (χ4v) is 3.32. The minimum Gasteiger partial charge on any atom is -0.466 e. The van der Waals surface area contributed by atoms with Gasteiger partial charge in [-0.1, -0.05) is 6.08 Å². The standard InChI is InChI=1S/C17H18N2O3/c1-10-14(17(21)22-2)15(11-6-8-18-9-7-11)16-12(19-10)4-3-5-13(16)20/h4,6-9,15-16,19H,3,5H2,1-2H3. The maximum Gasteiger partial charge on any atom is 0.336 e. The number of allylic oxidation sites excluding steroid dienone is 3. The van der Waals surface area contributed by atoms with Gasteiger partial charge in [0.15, 0.2) is 0 Å². The second-order valence-corrected chi connectivity index (χ2v) is 5.56. The van der Waals surface area contributed by atoms with Gasteiger partial charge in [0.2, 0.25) is 0 Å². The summed E-state index contributed by atoms with van der Waals surface area (Å²) in [7, 11) is 1.36. The van der Waals surface area contributed by atoms with Gasteiger partial charge >= 0.3 is 5.97 Å². The number of rotatable bonds is 2. The Bertz CT molecular complexity index is 676. The fourth-order valence-electron chi connectivity index (χ4n) is 3.32. The van der Waals surface area contributed by atoms with E-state index in [1.165, 1.54) is 7.11 Å². The molecule has 0 aromatic carbocycles. The lowest BCUT2D eigenvalue weighted by atomic mass is 9.71. The molecule has 0 saturated carbocycles. The van der Waals surface area contributed by atoms with Crippen molar-refractivity contribution in [3.63, 3.8) is 0 Å². The lowest BCUT2D eigenvalue weighted by molar-refractivity contribution is -0.136. The molecule has 1 aliphatic carbocycles. The van der Waals surface area contributed by atoms with Crippen molar-refractivity contribution in [2.75, 3.05) is 7.11 Å². The summed E-state index contributed by atoms with van der Waals surface area (Å²) in [6.45, 7) is 1.84. The van der Waals surface area contributed by atoms with Crippen LogP contribution in [0.3, 0.4) is 0 Å². The van der Waals surface area contributed by atoms with Crippen LogP contribution in [-0.2, 0) is 14.3 Å². The van der Waals surface area contributed by atoms with E-state index >= 15 is 0 Å². The number of Topliss-reactive ketones (excluding diaryl/α,β-unsaturated/α-hetero) is 1. The number of ketones is 1. The number of ether oxygens (including phenoxy) is 1. The number of esters is 1. The third-order valence-electron chi connectivity index (χ3n) is 4.29. The van der Waals surface area contributed by atoms with Crippen LogP contribution >= 0.6 is 0 Å². The first-order chi connectivity index (χ1) is 10.6. The summed E-state index contributed by atoms with van der Waals surface area (Å²) in [6.07, 6.45) is 6.65. The van der Waals surface area contributed by atoms with Gasteiger partial charge in [-0.2, -0.15) is 0 Å². The minimum absolute atomic E-state index is 0.153. The van der Waals surface area contributed by atoms with Crippen molar-refractivity contribution < 1.29 is 14.3 Å². The van der Waals surface area contributed by atoms with E-state index in [0.29, 0.717) is 12.0 Å². The zero-order valence-corrected chi connectivity index (χ0v) is 12.6. The average Bonchev–Trinajstić information content (AvgIpc) is 2.54. The Morgan fingerprint density at radius 3 is 2.73 bits per heavy atom. The first-order valence-corrected chi connectivity index (χ1v) is 7.32. The summed E-state index contributed by atoms with van der Waals surface area (Å²) in [5.74, 6) is -0.922. The quantitative estimate of drug-likeness (QED) is 0.847. The maximum absolute atomic E-state index is 12.5. The van der Waals surface area contributed by atoms with Crippen LogP contribution in [0.25, 0.3) is 0 Å². The van der Waals surface area contributed by atoms with Gasteiger partial charge in [-0.15, -0.1) is 0 Å².